The van der Waals surface area contributed by atoms with Crippen LogP contribution in [0.3, 0.4) is 0 Å². The van der Waals surface area contributed by atoms with E-state index < -0.39 is 0 Å². The van der Waals surface area contributed by atoms with Crippen molar-refractivity contribution in [2.75, 3.05) is 27.2 Å². The van der Waals surface area contributed by atoms with E-state index in [0.717, 1.165) is 35.7 Å². The van der Waals surface area contributed by atoms with Gasteiger partial charge in [-0.15, -0.1) is 11.3 Å². The number of carbonyl (C=O) groups excluding carboxylic acids is 1. The van der Waals surface area contributed by atoms with Crippen molar-refractivity contribution in [3.8, 4) is 11.3 Å². The average Bonchev–Trinajstić information content (AvgIpc) is 3.29. The van der Waals surface area contributed by atoms with Crippen LogP contribution in [0.25, 0.3) is 16.2 Å². The van der Waals surface area contributed by atoms with Gasteiger partial charge >= 0.3 is 0 Å². The smallest absolute Gasteiger partial charge is 0.271 e. The first kappa shape index (κ1) is 16.6. The Bertz CT molecular complexity index is 932. The Morgan fingerprint density at radius 1 is 1.40 bits per heavy atom. The van der Waals surface area contributed by atoms with Gasteiger partial charge in [-0.05, 0) is 32.6 Å². The summed E-state index contributed by atoms with van der Waals surface area (Å²) >= 11 is 7.57. The van der Waals surface area contributed by atoms with Crippen LogP contribution in [0.2, 0.25) is 5.02 Å². The molecule has 3 aromatic rings. The maximum atomic E-state index is 12.9. The second-order valence-corrected chi connectivity index (χ2v) is 7.84. The van der Waals surface area contributed by atoms with E-state index in [1.807, 2.05) is 45.1 Å². The van der Waals surface area contributed by atoms with Gasteiger partial charge in [-0.3, -0.25) is 9.20 Å². The van der Waals surface area contributed by atoms with Gasteiger partial charge in [0.05, 0.1) is 5.69 Å². The lowest BCUT2D eigenvalue weighted by Gasteiger charge is -2.20. The third-order valence-electron chi connectivity index (χ3n) is 4.73. The molecule has 1 aromatic carbocycles. The van der Waals surface area contributed by atoms with E-state index in [-0.39, 0.29) is 5.91 Å². The van der Waals surface area contributed by atoms with Gasteiger partial charge in [-0.1, -0.05) is 23.7 Å². The van der Waals surface area contributed by atoms with Crippen LogP contribution in [-0.4, -0.2) is 58.3 Å². The minimum atomic E-state index is 0.0747. The standard InChI is InChI=1S/C18H19ClN4OS/c1-21(2)14-6-7-22(9-14)17(24)16-11-25-18-20-15(10-23(16)18)12-4-3-5-13(19)8-12/h3-5,8,10-11,14H,6-7,9H2,1-2H3. The number of carbonyl (C=O) groups is 1. The second kappa shape index (κ2) is 6.44. The SMILES string of the molecule is CN(C)C1CCN(C(=O)c2csc3nc(-c4cccc(Cl)c4)cn23)C1. The lowest BCUT2D eigenvalue weighted by atomic mass is 10.2. The molecule has 25 heavy (non-hydrogen) atoms. The van der Waals surface area contributed by atoms with Crippen molar-refractivity contribution in [3.05, 3.63) is 46.6 Å². The van der Waals surface area contributed by atoms with E-state index in [4.69, 9.17) is 11.6 Å². The first-order valence-corrected chi connectivity index (χ1v) is 9.47. The van der Waals surface area contributed by atoms with Crippen LogP contribution in [-0.2, 0) is 0 Å². The number of thiazole rings is 1. The molecule has 1 aliphatic rings. The van der Waals surface area contributed by atoms with Gasteiger partial charge in [0.25, 0.3) is 5.91 Å². The Kier molecular flexibility index (Phi) is 4.27. The largest absolute Gasteiger partial charge is 0.336 e. The van der Waals surface area contributed by atoms with Crippen LogP contribution >= 0.6 is 22.9 Å². The van der Waals surface area contributed by atoms with Gasteiger partial charge in [0.2, 0.25) is 0 Å². The van der Waals surface area contributed by atoms with Gasteiger partial charge < -0.3 is 9.80 Å². The monoisotopic (exact) mass is 374 g/mol. The summed E-state index contributed by atoms with van der Waals surface area (Å²) in [6.45, 7) is 1.58. The first-order valence-electron chi connectivity index (χ1n) is 8.21. The van der Waals surface area contributed by atoms with Crippen molar-refractivity contribution < 1.29 is 4.79 Å². The Morgan fingerprint density at radius 3 is 2.96 bits per heavy atom. The molecule has 1 unspecified atom stereocenters. The Labute approximate surface area is 155 Å². The van der Waals surface area contributed by atoms with E-state index in [0.29, 0.717) is 16.8 Å². The molecule has 5 nitrogen and oxygen atoms in total. The molecule has 4 rings (SSSR count). The molecule has 1 amide bonds. The highest BCUT2D eigenvalue weighted by Gasteiger charge is 2.29. The van der Waals surface area contributed by atoms with E-state index in [1.54, 1.807) is 0 Å². The maximum Gasteiger partial charge on any atom is 0.271 e. The van der Waals surface area contributed by atoms with Crippen LogP contribution in [0.15, 0.2) is 35.8 Å². The molecule has 7 heteroatoms. The molecule has 1 aliphatic heterocycles. The molecule has 0 bridgehead atoms. The molecule has 0 saturated carbocycles. The van der Waals surface area contributed by atoms with Crippen LogP contribution in [0.5, 0.6) is 0 Å². The molecule has 0 aliphatic carbocycles. The van der Waals surface area contributed by atoms with Crippen molar-refractivity contribution in [1.82, 2.24) is 19.2 Å². The summed E-state index contributed by atoms with van der Waals surface area (Å²) in [6, 6.07) is 8.04. The number of rotatable bonds is 3. The normalized spacial score (nSPS) is 17.8. The fourth-order valence-corrected chi connectivity index (χ4v) is 4.27. The second-order valence-electron chi connectivity index (χ2n) is 6.57. The number of imidazole rings is 1. The fourth-order valence-electron chi connectivity index (χ4n) is 3.23. The van der Waals surface area contributed by atoms with Crippen molar-refractivity contribution in [3.63, 3.8) is 0 Å². The molecule has 0 spiro atoms. The zero-order chi connectivity index (χ0) is 17.6. The zero-order valence-electron chi connectivity index (χ0n) is 14.1. The summed E-state index contributed by atoms with van der Waals surface area (Å²) < 4.78 is 1.90. The molecular formula is C18H19ClN4OS. The number of aromatic nitrogens is 2. The number of fused-ring (bicyclic) bond motifs is 1. The third-order valence-corrected chi connectivity index (χ3v) is 5.80. The van der Waals surface area contributed by atoms with Gasteiger partial charge in [0, 0.05) is 41.3 Å². The number of benzene rings is 1. The van der Waals surface area contributed by atoms with Crippen molar-refractivity contribution >= 4 is 33.8 Å². The fraction of sp³-hybridized carbons (Fsp3) is 0.333. The van der Waals surface area contributed by atoms with E-state index in [1.165, 1.54) is 11.3 Å². The number of amides is 1. The molecular weight excluding hydrogens is 356 g/mol. The highest BCUT2D eigenvalue weighted by molar-refractivity contribution is 7.15. The Balaban J connectivity index is 1.64. The van der Waals surface area contributed by atoms with Crippen molar-refractivity contribution in [2.45, 2.75) is 12.5 Å². The van der Waals surface area contributed by atoms with Gasteiger partial charge in [-0.25, -0.2) is 4.98 Å². The lowest BCUT2D eigenvalue weighted by molar-refractivity contribution is 0.0776. The molecule has 0 radical (unpaired) electrons. The highest BCUT2D eigenvalue weighted by atomic mass is 35.5. The zero-order valence-corrected chi connectivity index (χ0v) is 15.7. The van der Waals surface area contributed by atoms with Crippen molar-refractivity contribution in [1.29, 1.82) is 0 Å². The number of likely N-dealkylation sites (N-methyl/N-ethyl adjacent to an activating group) is 1. The first-order chi connectivity index (χ1) is 12.0. The van der Waals surface area contributed by atoms with Gasteiger partial charge in [0.15, 0.2) is 4.96 Å². The van der Waals surface area contributed by atoms with Crippen LogP contribution < -0.4 is 0 Å². The molecule has 1 atom stereocenters. The van der Waals surface area contributed by atoms with E-state index >= 15 is 0 Å². The molecule has 130 valence electrons. The summed E-state index contributed by atoms with van der Waals surface area (Å²) in [6.07, 6.45) is 2.94. The minimum absolute atomic E-state index is 0.0747. The lowest BCUT2D eigenvalue weighted by Crippen LogP contribution is -2.34. The molecule has 3 heterocycles. The number of nitrogens with zero attached hydrogens (tertiary/aromatic N) is 4. The number of hydrogen-bond donors (Lipinski definition) is 0. The molecule has 1 fully saturated rings. The van der Waals surface area contributed by atoms with E-state index in [2.05, 4.69) is 24.0 Å². The summed E-state index contributed by atoms with van der Waals surface area (Å²) in [7, 11) is 4.13. The summed E-state index contributed by atoms with van der Waals surface area (Å²) in [5.74, 6) is 0.0747. The topological polar surface area (TPSA) is 40.8 Å². The Hall–Kier alpha value is -1.89. The Morgan fingerprint density at radius 2 is 2.24 bits per heavy atom. The number of hydrogen-bond acceptors (Lipinski definition) is 4. The minimum Gasteiger partial charge on any atom is -0.336 e. The highest BCUT2D eigenvalue weighted by Crippen LogP contribution is 2.27. The van der Waals surface area contributed by atoms with Gasteiger partial charge in [0.1, 0.15) is 5.69 Å². The predicted molar refractivity (Wildman–Crippen MR) is 102 cm³/mol. The van der Waals surface area contributed by atoms with Gasteiger partial charge in [-0.2, -0.15) is 0 Å². The quantitative estimate of drug-likeness (QED) is 0.704. The molecule has 0 N–H and O–H groups in total. The van der Waals surface area contributed by atoms with Crippen molar-refractivity contribution in [2.24, 2.45) is 0 Å². The average molecular weight is 375 g/mol. The van der Waals surface area contributed by atoms with Crippen LogP contribution in [0.1, 0.15) is 16.9 Å². The molecule has 1 saturated heterocycles. The summed E-state index contributed by atoms with van der Waals surface area (Å²) in [4.78, 5) is 22.5. The predicted octanol–water partition coefficient (Wildman–Crippen LogP) is 3.49. The maximum absolute atomic E-state index is 12.9. The number of halogens is 1. The van der Waals surface area contributed by atoms with Crippen LogP contribution in [0.4, 0.5) is 0 Å². The summed E-state index contributed by atoms with van der Waals surface area (Å²) in [5, 5.41) is 2.58. The number of likely N-dealkylation sites (tertiary alicyclic amines) is 1. The van der Waals surface area contributed by atoms with E-state index in [9.17, 15) is 4.79 Å². The third kappa shape index (κ3) is 3.05. The summed E-state index contributed by atoms with van der Waals surface area (Å²) in [5.41, 5.74) is 2.46. The van der Waals surface area contributed by atoms with Crippen LogP contribution in [0, 0.1) is 0 Å². The molecule has 2 aromatic heterocycles.